The maximum absolute atomic E-state index is 13.1. The molecule has 0 saturated carbocycles. The Kier molecular flexibility index (Phi) is 8.84. The Labute approximate surface area is 220 Å². The van der Waals surface area contributed by atoms with Gasteiger partial charge >= 0.3 is 17.9 Å². The first-order chi connectivity index (χ1) is 17.0. The Balaban J connectivity index is 1.92. The summed E-state index contributed by atoms with van der Waals surface area (Å²) in [5.41, 5.74) is 2.11. The normalized spacial score (nSPS) is 12.2. The van der Waals surface area contributed by atoms with Crippen molar-refractivity contribution in [2.45, 2.75) is 26.1 Å². The van der Waals surface area contributed by atoms with Gasteiger partial charge in [-0.05, 0) is 72.2 Å². The Morgan fingerprint density at radius 3 is 1.72 bits per heavy atom. The van der Waals surface area contributed by atoms with Crippen LogP contribution in [0.15, 0.2) is 71.2 Å². The fourth-order valence-corrected chi connectivity index (χ4v) is 3.45. The van der Waals surface area contributed by atoms with Crippen LogP contribution in [-0.4, -0.2) is 41.1 Å². The number of benzene rings is 3. The number of hydrogen-bond acceptors (Lipinski definition) is 6. The maximum atomic E-state index is 13.1. The van der Waals surface area contributed by atoms with Crippen LogP contribution in [0, 0.1) is 13.8 Å². The number of amides is 1. The van der Waals surface area contributed by atoms with Crippen LogP contribution in [0.4, 0.5) is 5.69 Å². The zero-order valence-corrected chi connectivity index (χ0v) is 21.5. The minimum absolute atomic E-state index is 0.0653. The van der Waals surface area contributed by atoms with Crippen molar-refractivity contribution in [3.05, 3.63) is 98.5 Å². The first-order valence-corrected chi connectivity index (χ1v) is 11.8. The van der Waals surface area contributed by atoms with Gasteiger partial charge in [0.15, 0.2) is 0 Å². The molecule has 2 N–H and O–H groups in total. The Bertz CT molecular complexity index is 1290. The van der Waals surface area contributed by atoms with E-state index in [2.05, 4.69) is 21.2 Å². The number of ether oxygens (including phenoxy) is 2. The number of carboxylic acid groups (broad SMARTS) is 1. The van der Waals surface area contributed by atoms with E-state index in [-0.39, 0.29) is 21.8 Å². The van der Waals surface area contributed by atoms with Crippen LogP contribution in [0.1, 0.15) is 31.8 Å². The van der Waals surface area contributed by atoms with E-state index in [0.717, 1.165) is 11.1 Å². The largest absolute Gasteiger partial charge is 0.478 e. The summed E-state index contributed by atoms with van der Waals surface area (Å²) in [5.74, 6) is -4.68. The molecule has 36 heavy (non-hydrogen) atoms. The molecule has 3 aromatic carbocycles. The predicted octanol–water partition coefficient (Wildman–Crippen LogP) is 5.19. The number of aryl methyl sites for hydroxylation is 2. The molecule has 8 nitrogen and oxygen atoms in total. The van der Waals surface area contributed by atoms with Gasteiger partial charge < -0.3 is 19.9 Å². The number of carbonyl (C=O) groups is 4. The summed E-state index contributed by atoms with van der Waals surface area (Å²) in [6.07, 6.45) is -4.16. The second kappa shape index (κ2) is 11.8. The van der Waals surface area contributed by atoms with Crippen molar-refractivity contribution >= 4 is 57.0 Å². The van der Waals surface area contributed by atoms with Crippen LogP contribution < -0.4 is 5.32 Å². The first-order valence-electron chi connectivity index (χ1n) is 10.6. The third kappa shape index (κ3) is 6.93. The third-order valence-electron chi connectivity index (χ3n) is 5.01. The number of anilines is 1. The fourth-order valence-electron chi connectivity index (χ4n) is 3.03. The molecular weight excluding hydrogens is 554 g/mol. The second-order valence-corrected chi connectivity index (χ2v) is 9.10. The molecule has 0 heterocycles. The van der Waals surface area contributed by atoms with E-state index >= 15 is 0 Å². The summed E-state index contributed by atoms with van der Waals surface area (Å²) in [5, 5.41) is 12.6. The van der Waals surface area contributed by atoms with Crippen LogP contribution in [0.3, 0.4) is 0 Å². The Hall–Kier alpha value is -3.69. The van der Waals surface area contributed by atoms with Crippen molar-refractivity contribution in [2.24, 2.45) is 0 Å². The molecule has 0 bridgehead atoms. The van der Waals surface area contributed by atoms with E-state index in [1.807, 2.05) is 13.8 Å². The summed E-state index contributed by atoms with van der Waals surface area (Å²) in [4.78, 5) is 50.7. The summed E-state index contributed by atoms with van der Waals surface area (Å²) in [6.45, 7) is 3.63. The molecule has 0 saturated heterocycles. The molecule has 0 aromatic heterocycles. The number of halogens is 2. The van der Waals surface area contributed by atoms with Gasteiger partial charge in [0.2, 0.25) is 12.2 Å². The number of carboxylic acids is 1. The van der Waals surface area contributed by atoms with E-state index < -0.39 is 36.0 Å². The molecule has 0 aliphatic heterocycles. The molecule has 3 rings (SSSR count). The fraction of sp³-hybridized carbons (Fsp3) is 0.154. The van der Waals surface area contributed by atoms with Gasteiger partial charge in [0.25, 0.3) is 5.91 Å². The van der Waals surface area contributed by atoms with Crippen LogP contribution in [-0.2, 0) is 19.1 Å². The predicted molar refractivity (Wildman–Crippen MR) is 136 cm³/mol. The lowest BCUT2D eigenvalue weighted by Gasteiger charge is -2.23. The highest BCUT2D eigenvalue weighted by atomic mass is 79.9. The van der Waals surface area contributed by atoms with Crippen LogP contribution in [0.2, 0.25) is 5.02 Å². The lowest BCUT2D eigenvalue weighted by molar-refractivity contribution is -0.157. The molecular formula is C26H21BrClNO7. The van der Waals surface area contributed by atoms with Crippen molar-refractivity contribution < 1.29 is 33.8 Å². The molecule has 3 aromatic rings. The first kappa shape index (κ1) is 26.9. The van der Waals surface area contributed by atoms with Crippen LogP contribution in [0.5, 0.6) is 0 Å². The molecule has 1 amide bonds. The van der Waals surface area contributed by atoms with Gasteiger partial charge in [0.1, 0.15) is 0 Å². The van der Waals surface area contributed by atoms with Gasteiger partial charge in [0.05, 0.1) is 16.1 Å². The summed E-state index contributed by atoms with van der Waals surface area (Å²) in [6, 6.07) is 16.9. The number of rotatable bonds is 8. The molecule has 0 spiro atoms. The Morgan fingerprint density at radius 1 is 0.806 bits per heavy atom. The number of aliphatic carboxylic acids is 1. The van der Waals surface area contributed by atoms with E-state index in [4.69, 9.17) is 21.1 Å². The smallest absolute Gasteiger partial charge is 0.349 e. The molecule has 10 heteroatoms. The number of esters is 2. The number of nitrogens with one attached hydrogen (secondary N) is 1. The van der Waals surface area contributed by atoms with E-state index in [1.165, 1.54) is 36.4 Å². The molecule has 0 radical (unpaired) electrons. The average Bonchev–Trinajstić information content (AvgIpc) is 2.84. The lowest BCUT2D eigenvalue weighted by Crippen LogP contribution is -2.48. The lowest BCUT2D eigenvalue weighted by atomic mass is 10.1. The number of carbonyl (C=O) groups excluding carboxylic acids is 3. The average molecular weight is 575 g/mol. The molecule has 0 fully saturated rings. The monoisotopic (exact) mass is 573 g/mol. The van der Waals surface area contributed by atoms with Gasteiger partial charge in [0, 0.05) is 10.2 Å². The SMILES string of the molecule is Cc1ccc(C(=O)O[C@H](C(=O)O)[C@@H](OC(=O)c2ccc(C)cc2)C(=O)Nc2ccc(Br)c(Cl)c2)cc1. The highest BCUT2D eigenvalue weighted by Crippen LogP contribution is 2.26. The third-order valence-corrected chi connectivity index (χ3v) is 6.24. The van der Waals surface area contributed by atoms with Gasteiger partial charge in [-0.3, -0.25) is 4.79 Å². The molecule has 0 aliphatic carbocycles. The summed E-state index contributed by atoms with van der Waals surface area (Å²) in [7, 11) is 0. The van der Waals surface area contributed by atoms with Crippen LogP contribution in [0.25, 0.3) is 0 Å². The van der Waals surface area contributed by atoms with E-state index in [1.54, 1.807) is 30.3 Å². The van der Waals surface area contributed by atoms with Crippen molar-refractivity contribution in [1.82, 2.24) is 0 Å². The van der Waals surface area contributed by atoms with E-state index in [0.29, 0.717) is 4.47 Å². The quantitative estimate of drug-likeness (QED) is 0.355. The van der Waals surface area contributed by atoms with Crippen molar-refractivity contribution in [3.8, 4) is 0 Å². The highest BCUT2D eigenvalue weighted by Gasteiger charge is 2.41. The topological polar surface area (TPSA) is 119 Å². The minimum atomic E-state index is -2.14. The van der Waals surface area contributed by atoms with Gasteiger partial charge in [-0.15, -0.1) is 0 Å². The van der Waals surface area contributed by atoms with Gasteiger partial charge in [-0.2, -0.15) is 0 Å². The van der Waals surface area contributed by atoms with Crippen LogP contribution >= 0.6 is 27.5 Å². The van der Waals surface area contributed by atoms with Crippen molar-refractivity contribution in [1.29, 1.82) is 0 Å². The molecule has 2 atom stereocenters. The van der Waals surface area contributed by atoms with Gasteiger partial charge in [-0.1, -0.05) is 47.0 Å². The summed E-state index contributed by atoms with van der Waals surface area (Å²) < 4.78 is 11.0. The maximum Gasteiger partial charge on any atom is 0.349 e. The van der Waals surface area contributed by atoms with Gasteiger partial charge in [-0.25, -0.2) is 14.4 Å². The van der Waals surface area contributed by atoms with Crippen molar-refractivity contribution in [3.63, 3.8) is 0 Å². The second-order valence-electron chi connectivity index (χ2n) is 7.84. The zero-order valence-electron chi connectivity index (χ0n) is 19.2. The molecule has 186 valence electrons. The Morgan fingerprint density at radius 2 is 1.28 bits per heavy atom. The molecule has 0 unspecified atom stereocenters. The number of hydrogen-bond donors (Lipinski definition) is 2. The standard InChI is InChI=1S/C26H21BrClNO7/c1-14-3-7-16(8-4-14)25(33)35-21(23(30)29-18-11-12-19(27)20(28)13-18)22(24(31)32)36-26(34)17-9-5-15(2)6-10-17/h3-13,21-22H,1-2H3,(H,29,30)(H,31,32)/t21-,22+/m1/s1. The molecule has 0 aliphatic rings. The minimum Gasteiger partial charge on any atom is -0.478 e. The zero-order chi connectivity index (χ0) is 26.4. The van der Waals surface area contributed by atoms with E-state index in [9.17, 15) is 24.3 Å². The highest BCUT2D eigenvalue weighted by molar-refractivity contribution is 9.10. The van der Waals surface area contributed by atoms with Crippen molar-refractivity contribution in [2.75, 3.05) is 5.32 Å². The summed E-state index contributed by atoms with van der Waals surface area (Å²) >= 11 is 9.30.